The molecular weight excluding hydrogens is 326 g/mol. The fraction of sp³-hybridized carbons (Fsp3) is 0.438. The topological polar surface area (TPSA) is 102 Å². The van der Waals surface area contributed by atoms with Gasteiger partial charge in [0.15, 0.2) is 12.3 Å². The Balaban J connectivity index is 1.75. The van der Waals surface area contributed by atoms with Gasteiger partial charge in [-0.05, 0) is 42.7 Å². The zero-order valence-electron chi connectivity index (χ0n) is 13.5. The van der Waals surface area contributed by atoms with Crippen molar-refractivity contribution in [3.8, 4) is 6.07 Å². The van der Waals surface area contributed by atoms with Crippen molar-refractivity contribution < 1.29 is 14.3 Å². The Morgan fingerprint density at radius 2 is 2.46 bits per heavy atom. The molecule has 0 radical (unpaired) electrons. The molecule has 24 heavy (non-hydrogen) atoms. The summed E-state index contributed by atoms with van der Waals surface area (Å²) in [6.45, 7) is 2.21. The van der Waals surface area contributed by atoms with Crippen molar-refractivity contribution in [2.75, 3.05) is 5.75 Å². The van der Waals surface area contributed by atoms with E-state index in [4.69, 9.17) is 4.52 Å². The molecule has 0 fully saturated rings. The minimum absolute atomic E-state index is 0.0985. The molecule has 3 rings (SSSR count). The molecule has 1 aliphatic carbocycles. The molecule has 0 N–H and O–H groups in total. The van der Waals surface area contributed by atoms with Gasteiger partial charge in [0.05, 0.1) is 5.56 Å². The van der Waals surface area contributed by atoms with E-state index in [1.54, 1.807) is 7.05 Å². The average molecular weight is 343 g/mol. The van der Waals surface area contributed by atoms with E-state index >= 15 is 0 Å². The van der Waals surface area contributed by atoms with Crippen LogP contribution in [0, 0.1) is 17.2 Å². The maximum Gasteiger partial charge on any atom is 0.320 e. The van der Waals surface area contributed by atoms with Gasteiger partial charge in [0.1, 0.15) is 11.1 Å². The SMILES string of the molecule is CC1CCc2nc(SC/C([O-])=N/c3c[n+](C)no3)c(C#N)cc2C1. The van der Waals surface area contributed by atoms with Crippen molar-refractivity contribution in [2.24, 2.45) is 18.0 Å². The van der Waals surface area contributed by atoms with Gasteiger partial charge in [0.25, 0.3) is 6.20 Å². The van der Waals surface area contributed by atoms with Gasteiger partial charge < -0.3 is 5.11 Å². The molecule has 2 aromatic rings. The van der Waals surface area contributed by atoms with Crippen LogP contribution < -0.4 is 9.79 Å². The first kappa shape index (κ1) is 16.5. The summed E-state index contributed by atoms with van der Waals surface area (Å²) < 4.78 is 6.29. The van der Waals surface area contributed by atoms with Crippen molar-refractivity contribution in [1.29, 1.82) is 5.26 Å². The number of aromatic nitrogens is 3. The molecule has 2 heterocycles. The second-order valence-corrected chi connectivity index (χ2v) is 6.88. The van der Waals surface area contributed by atoms with Gasteiger partial charge in [0.2, 0.25) is 0 Å². The van der Waals surface area contributed by atoms with E-state index < -0.39 is 0 Å². The molecule has 0 aromatic carbocycles. The number of aliphatic imine (C=N–C) groups is 1. The molecule has 2 aromatic heterocycles. The number of pyridine rings is 1. The second kappa shape index (κ2) is 7.01. The molecule has 0 aliphatic heterocycles. The third-order valence-corrected chi connectivity index (χ3v) is 4.82. The molecule has 0 saturated carbocycles. The normalized spacial score (nSPS) is 17.4. The Kier molecular flexibility index (Phi) is 4.81. The lowest BCUT2D eigenvalue weighted by molar-refractivity contribution is -0.739. The number of thioether (sulfide) groups is 1. The minimum Gasteiger partial charge on any atom is -0.861 e. The predicted molar refractivity (Wildman–Crippen MR) is 85.6 cm³/mol. The highest BCUT2D eigenvalue weighted by Crippen LogP contribution is 2.29. The maximum absolute atomic E-state index is 11.9. The van der Waals surface area contributed by atoms with E-state index in [0.717, 1.165) is 30.5 Å². The predicted octanol–water partition coefficient (Wildman–Crippen LogP) is 1.07. The Morgan fingerprint density at radius 3 is 3.17 bits per heavy atom. The lowest BCUT2D eigenvalue weighted by atomic mass is 9.87. The molecular formula is C16H17N5O2S. The molecule has 1 unspecified atom stereocenters. The molecule has 7 nitrogen and oxygen atoms in total. The molecule has 1 atom stereocenters. The third kappa shape index (κ3) is 3.74. The number of nitriles is 1. The van der Waals surface area contributed by atoms with Crippen molar-refractivity contribution in [3.05, 3.63) is 29.1 Å². The standard InChI is InChI=1S/C16H17N5O2S/c1-10-3-4-13-11(5-10)6-12(7-17)16(18-13)24-9-14(22)19-15-8-21(2)20-23-15/h6,8,10H,3-5,9H2,1-2H3. The lowest BCUT2D eigenvalue weighted by Gasteiger charge is -2.21. The Bertz CT molecular complexity index is 824. The Morgan fingerprint density at radius 1 is 1.62 bits per heavy atom. The number of hydrogen-bond acceptors (Lipinski definition) is 7. The number of hydrogen-bond donors (Lipinski definition) is 0. The summed E-state index contributed by atoms with van der Waals surface area (Å²) in [6.07, 6.45) is 4.50. The van der Waals surface area contributed by atoms with Crippen molar-refractivity contribution in [1.82, 2.24) is 10.3 Å². The van der Waals surface area contributed by atoms with E-state index in [-0.39, 0.29) is 17.5 Å². The van der Waals surface area contributed by atoms with Crippen LogP contribution in [0.2, 0.25) is 0 Å². The summed E-state index contributed by atoms with van der Waals surface area (Å²) in [4.78, 5) is 8.44. The van der Waals surface area contributed by atoms with Crippen LogP contribution in [0.25, 0.3) is 0 Å². The number of aryl methyl sites for hydroxylation is 2. The highest BCUT2D eigenvalue weighted by atomic mass is 32.2. The summed E-state index contributed by atoms with van der Waals surface area (Å²) in [5, 5.41) is 25.5. The molecule has 0 spiro atoms. The highest BCUT2D eigenvalue weighted by molar-refractivity contribution is 7.99. The number of nitrogens with zero attached hydrogens (tertiary/aromatic N) is 5. The fourth-order valence-corrected chi connectivity index (χ4v) is 3.43. The van der Waals surface area contributed by atoms with Gasteiger partial charge in [0, 0.05) is 11.4 Å². The lowest BCUT2D eigenvalue weighted by Crippen LogP contribution is -2.27. The van der Waals surface area contributed by atoms with Crippen LogP contribution in [-0.2, 0) is 19.9 Å². The van der Waals surface area contributed by atoms with Crippen LogP contribution in [0.15, 0.2) is 26.8 Å². The summed E-state index contributed by atoms with van der Waals surface area (Å²) in [5.74, 6) is 0.527. The number of rotatable bonds is 4. The van der Waals surface area contributed by atoms with Crippen molar-refractivity contribution >= 4 is 23.5 Å². The maximum atomic E-state index is 11.9. The third-order valence-electron chi connectivity index (χ3n) is 3.85. The van der Waals surface area contributed by atoms with Crippen LogP contribution >= 0.6 is 11.8 Å². The van der Waals surface area contributed by atoms with Crippen LogP contribution in [0.1, 0.15) is 30.2 Å². The fourth-order valence-electron chi connectivity index (χ4n) is 2.67. The average Bonchev–Trinajstić information content (AvgIpc) is 2.96. The largest absolute Gasteiger partial charge is 0.861 e. The number of fused-ring (bicyclic) bond motifs is 1. The summed E-state index contributed by atoms with van der Waals surface area (Å²) in [7, 11) is 1.68. The molecule has 0 amide bonds. The Labute approximate surface area is 144 Å². The first-order valence-corrected chi connectivity index (χ1v) is 8.66. The van der Waals surface area contributed by atoms with Gasteiger partial charge in [-0.1, -0.05) is 23.4 Å². The molecule has 124 valence electrons. The molecule has 0 bridgehead atoms. The summed E-state index contributed by atoms with van der Waals surface area (Å²) in [6, 6.07) is 4.10. The van der Waals surface area contributed by atoms with E-state index in [9.17, 15) is 10.4 Å². The van der Waals surface area contributed by atoms with Crippen LogP contribution in [0.3, 0.4) is 0 Å². The zero-order chi connectivity index (χ0) is 17.1. The first-order valence-electron chi connectivity index (χ1n) is 7.68. The second-order valence-electron chi connectivity index (χ2n) is 5.91. The smallest absolute Gasteiger partial charge is 0.320 e. The first-order chi connectivity index (χ1) is 11.5. The van der Waals surface area contributed by atoms with E-state index in [1.807, 2.05) is 6.07 Å². The van der Waals surface area contributed by atoms with Gasteiger partial charge in [-0.25, -0.2) is 9.98 Å². The van der Waals surface area contributed by atoms with Crippen LogP contribution in [0.5, 0.6) is 0 Å². The van der Waals surface area contributed by atoms with E-state index in [0.29, 0.717) is 16.5 Å². The molecule has 8 heteroatoms. The zero-order valence-corrected chi connectivity index (χ0v) is 14.3. The quantitative estimate of drug-likeness (QED) is 0.356. The van der Waals surface area contributed by atoms with Gasteiger partial charge >= 0.3 is 5.88 Å². The van der Waals surface area contributed by atoms with Crippen molar-refractivity contribution in [3.63, 3.8) is 0 Å². The molecule has 0 saturated heterocycles. The van der Waals surface area contributed by atoms with Crippen LogP contribution in [0.4, 0.5) is 5.88 Å². The summed E-state index contributed by atoms with van der Waals surface area (Å²) >= 11 is 1.23. The molecule has 1 aliphatic rings. The van der Waals surface area contributed by atoms with Crippen molar-refractivity contribution in [2.45, 2.75) is 31.2 Å². The monoisotopic (exact) mass is 343 g/mol. The minimum atomic E-state index is -0.353. The van der Waals surface area contributed by atoms with E-state index in [2.05, 4.69) is 28.2 Å². The summed E-state index contributed by atoms with van der Waals surface area (Å²) in [5.41, 5.74) is 2.72. The highest BCUT2D eigenvalue weighted by Gasteiger charge is 2.19. The Hall–Kier alpha value is -2.40. The van der Waals surface area contributed by atoms with Crippen LogP contribution in [-0.4, -0.2) is 21.9 Å². The van der Waals surface area contributed by atoms with Gasteiger partial charge in [-0.3, -0.25) is 4.52 Å². The van der Waals surface area contributed by atoms with E-state index in [1.165, 1.54) is 22.6 Å². The van der Waals surface area contributed by atoms with Gasteiger partial charge in [-0.2, -0.15) is 5.26 Å². The van der Waals surface area contributed by atoms with Gasteiger partial charge in [-0.15, -0.1) is 0 Å².